The maximum absolute atomic E-state index is 12.9. The lowest BCUT2D eigenvalue weighted by molar-refractivity contribution is -0.385. The molecular weight excluding hydrogens is 243 g/mol. The highest BCUT2D eigenvalue weighted by atomic mass is 19.1. The Balaban J connectivity index is 2.82. The van der Waals surface area contributed by atoms with Crippen LogP contribution in [0, 0.1) is 15.9 Å². The lowest BCUT2D eigenvalue weighted by atomic mass is 10.1. The highest BCUT2D eigenvalue weighted by Gasteiger charge is 2.20. The van der Waals surface area contributed by atoms with Gasteiger partial charge in [0.15, 0.2) is 0 Å². The van der Waals surface area contributed by atoms with Crippen LogP contribution in [-0.2, 0) is 0 Å². The second-order valence-electron chi connectivity index (χ2n) is 3.81. The molecule has 7 heteroatoms. The van der Waals surface area contributed by atoms with E-state index in [2.05, 4.69) is 5.32 Å². The van der Waals surface area contributed by atoms with Crippen molar-refractivity contribution in [2.24, 2.45) is 0 Å². The van der Waals surface area contributed by atoms with Gasteiger partial charge in [-0.1, -0.05) is 0 Å². The van der Waals surface area contributed by atoms with Gasteiger partial charge in [-0.3, -0.25) is 14.9 Å². The molecule has 1 aromatic rings. The molecule has 1 amide bonds. The molecule has 0 aliphatic heterocycles. The van der Waals surface area contributed by atoms with E-state index in [4.69, 9.17) is 5.11 Å². The van der Waals surface area contributed by atoms with Crippen LogP contribution in [0.15, 0.2) is 18.2 Å². The number of hydrogen-bond donors (Lipinski definition) is 2. The van der Waals surface area contributed by atoms with Gasteiger partial charge in [0, 0.05) is 6.54 Å². The minimum atomic E-state index is -0.813. The third-order valence-corrected chi connectivity index (χ3v) is 2.25. The number of benzene rings is 1. The molecule has 0 aliphatic carbocycles. The van der Waals surface area contributed by atoms with Crippen molar-refractivity contribution in [3.05, 3.63) is 39.7 Å². The van der Waals surface area contributed by atoms with E-state index >= 15 is 0 Å². The monoisotopic (exact) mass is 256 g/mol. The summed E-state index contributed by atoms with van der Waals surface area (Å²) in [6.45, 7) is 1.75. The van der Waals surface area contributed by atoms with E-state index in [-0.39, 0.29) is 12.1 Å². The lowest BCUT2D eigenvalue weighted by Gasteiger charge is -2.07. The van der Waals surface area contributed by atoms with Crippen LogP contribution < -0.4 is 5.32 Å². The van der Waals surface area contributed by atoms with Crippen LogP contribution in [0.3, 0.4) is 0 Å². The molecule has 0 fully saturated rings. The van der Waals surface area contributed by atoms with E-state index in [0.717, 1.165) is 12.1 Å². The fourth-order valence-electron chi connectivity index (χ4n) is 1.34. The molecule has 0 saturated heterocycles. The Hall–Kier alpha value is -2.02. The Bertz CT molecular complexity index is 462. The average molecular weight is 256 g/mol. The van der Waals surface area contributed by atoms with Crippen LogP contribution in [0.25, 0.3) is 0 Å². The molecule has 98 valence electrons. The molecule has 0 aliphatic rings. The van der Waals surface area contributed by atoms with Gasteiger partial charge in [0.2, 0.25) is 0 Å². The molecule has 1 atom stereocenters. The van der Waals surface area contributed by atoms with Crippen molar-refractivity contribution in [2.45, 2.75) is 19.4 Å². The van der Waals surface area contributed by atoms with Gasteiger partial charge in [0.05, 0.1) is 17.1 Å². The first-order chi connectivity index (χ1) is 8.41. The normalized spacial score (nSPS) is 11.9. The average Bonchev–Trinajstić information content (AvgIpc) is 2.28. The number of nitrogens with zero attached hydrogens (tertiary/aromatic N) is 1. The smallest absolute Gasteiger partial charge is 0.285 e. The van der Waals surface area contributed by atoms with Gasteiger partial charge >= 0.3 is 0 Å². The van der Waals surface area contributed by atoms with Crippen LogP contribution in [0.5, 0.6) is 0 Å². The van der Waals surface area contributed by atoms with Crippen molar-refractivity contribution in [3.63, 3.8) is 0 Å². The van der Waals surface area contributed by atoms with Crippen LogP contribution in [0.1, 0.15) is 23.7 Å². The minimum Gasteiger partial charge on any atom is -0.393 e. The molecule has 0 radical (unpaired) electrons. The molecule has 0 bridgehead atoms. The number of carbonyl (C=O) groups excluding carboxylic acids is 1. The quantitative estimate of drug-likeness (QED) is 0.612. The second kappa shape index (κ2) is 6.06. The van der Waals surface area contributed by atoms with Gasteiger partial charge in [-0.2, -0.15) is 0 Å². The predicted octanol–water partition coefficient (Wildman–Crippen LogP) is 1.23. The number of rotatable bonds is 5. The summed E-state index contributed by atoms with van der Waals surface area (Å²) < 4.78 is 12.9. The number of aliphatic hydroxyl groups excluding tert-OH is 1. The summed E-state index contributed by atoms with van der Waals surface area (Å²) in [5.41, 5.74) is -0.781. The van der Waals surface area contributed by atoms with Crippen molar-refractivity contribution in [2.75, 3.05) is 6.54 Å². The Morgan fingerprint density at radius 3 is 2.83 bits per heavy atom. The molecule has 1 rings (SSSR count). The van der Waals surface area contributed by atoms with Crippen LogP contribution in [-0.4, -0.2) is 28.6 Å². The van der Waals surface area contributed by atoms with E-state index in [1.807, 2.05) is 0 Å². The van der Waals surface area contributed by atoms with E-state index in [1.54, 1.807) is 6.92 Å². The summed E-state index contributed by atoms with van der Waals surface area (Å²) in [6.07, 6.45) is -0.241. The summed E-state index contributed by atoms with van der Waals surface area (Å²) in [7, 11) is 0. The highest BCUT2D eigenvalue weighted by Crippen LogP contribution is 2.19. The van der Waals surface area contributed by atoms with Gasteiger partial charge in [0.25, 0.3) is 11.6 Å². The first kappa shape index (κ1) is 14.0. The summed E-state index contributed by atoms with van der Waals surface area (Å²) in [6, 6.07) is 2.74. The molecule has 6 nitrogen and oxygen atoms in total. The molecule has 0 spiro atoms. The molecule has 0 aromatic heterocycles. The predicted molar refractivity (Wildman–Crippen MR) is 61.7 cm³/mol. The van der Waals surface area contributed by atoms with Crippen molar-refractivity contribution in [1.29, 1.82) is 0 Å². The first-order valence-corrected chi connectivity index (χ1v) is 5.32. The van der Waals surface area contributed by atoms with Crippen molar-refractivity contribution < 1.29 is 19.2 Å². The van der Waals surface area contributed by atoms with Crippen molar-refractivity contribution in [1.82, 2.24) is 5.32 Å². The van der Waals surface area contributed by atoms with Gasteiger partial charge in [-0.15, -0.1) is 0 Å². The Labute approximate surface area is 103 Å². The Morgan fingerprint density at radius 1 is 1.61 bits per heavy atom. The topological polar surface area (TPSA) is 92.5 Å². The lowest BCUT2D eigenvalue weighted by Crippen LogP contribution is -2.27. The summed E-state index contributed by atoms with van der Waals surface area (Å²) in [5, 5.41) is 22.1. The zero-order valence-electron chi connectivity index (χ0n) is 9.72. The molecule has 0 heterocycles. The molecular formula is C11H13FN2O4. The third kappa shape index (κ3) is 3.77. The second-order valence-corrected chi connectivity index (χ2v) is 3.81. The fourth-order valence-corrected chi connectivity index (χ4v) is 1.34. The summed E-state index contributed by atoms with van der Waals surface area (Å²) in [5.74, 6) is -1.44. The summed E-state index contributed by atoms with van der Waals surface area (Å²) >= 11 is 0. The largest absolute Gasteiger partial charge is 0.393 e. The van der Waals surface area contributed by atoms with Crippen LogP contribution in [0.4, 0.5) is 10.1 Å². The molecule has 1 unspecified atom stereocenters. The molecule has 0 saturated carbocycles. The van der Waals surface area contributed by atoms with Gasteiger partial charge in [-0.25, -0.2) is 4.39 Å². The van der Waals surface area contributed by atoms with E-state index in [1.165, 1.54) is 0 Å². The summed E-state index contributed by atoms with van der Waals surface area (Å²) in [4.78, 5) is 21.5. The Morgan fingerprint density at radius 2 is 2.28 bits per heavy atom. The molecule has 2 N–H and O–H groups in total. The fraction of sp³-hybridized carbons (Fsp3) is 0.364. The SMILES string of the molecule is CC(O)CCNC(=O)c1ccc(F)cc1[N+](=O)[O-]. The number of carbonyl (C=O) groups is 1. The van der Waals surface area contributed by atoms with Crippen LogP contribution >= 0.6 is 0 Å². The number of nitrogens with one attached hydrogen (secondary N) is 1. The van der Waals surface area contributed by atoms with E-state index < -0.39 is 28.4 Å². The number of nitro benzene ring substituents is 1. The van der Waals surface area contributed by atoms with Crippen molar-refractivity contribution in [3.8, 4) is 0 Å². The van der Waals surface area contributed by atoms with Gasteiger partial charge in [-0.05, 0) is 25.5 Å². The Kier molecular flexibility index (Phi) is 4.73. The molecule has 18 heavy (non-hydrogen) atoms. The molecule has 1 aromatic carbocycles. The number of nitro groups is 1. The zero-order chi connectivity index (χ0) is 13.7. The number of amides is 1. The standard InChI is InChI=1S/C11H13FN2O4/c1-7(15)4-5-13-11(16)9-3-2-8(12)6-10(9)14(17)18/h2-3,6-7,15H,4-5H2,1H3,(H,13,16). The highest BCUT2D eigenvalue weighted by molar-refractivity contribution is 5.98. The number of aliphatic hydroxyl groups is 1. The minimum absolute atomic E-state index is 0.186. The maximum Gasteiger partial charge on any atom is 0.285 e. The number of halogens is 1. The maximum atomic E-state index is 12.9. The zero-order valence-corrected chi connectivity index (χ0v) is 9.72. The van der Waals surface area contributed by atoms with Gasteiger partial charge in [0.1, 0.15) is 11.4 Å². The van der Waals surface area contributed by atoms with E-state index in [9.17, 15) is 19.3 Å². The van der Waals surface area contributed by atoms with Gasteiger partial charge < -0.3 is 10.4 Å². The van der Waals surface area contributed by atoms with Crippen LogP contribution in [0.2, 0.25) is 0 Å². The first-order valence-electron chi connectivity index (χ1n) is 5.32. The number of hydrogen-bond acceptors (Lipinski definition) is 4. The van der Waals surface area contributed by atoms with E-state index in [0.29, 0.717) is 12.5 Å². The third-order valence-electron chi connectivity index (χ3n) is 2.25. The van der Waals surface area contributed by atoms with Crippen molar-refractivity contribution >= 4 is 11.6 Å².